The summed E-state index contributed by atoms with van der Waals surface area (Å²) < 4.78 is 0. The number of aliphatic hydroxyl groups is 1. The summed E-state index contributed by atoms with van der Waals surface area (Å²) >= 11 is 0. The number of fused-ring (bicyclic) bond motifs is 1. The van der Waals surface area contributed by atoms with Crippen molar-refractivity contribution in [1.82, 2.24) is 0 Å². The molecule has 2 nitrogen and oxygen atoms in total. The minimum absolute atomic E-state index is 0.123. The van der Waals surface area contributed by atoms with E-state index in [1.165, 1.54) is 0 Å². The molecule has 1 N–H and O–H groups in total. The summed E-state index contributed by atoms with van der Waals surface area (Å²) in [5, 5.41) is 10.8. The van der Waals surface area contributed by atoms with Crippen molar-refractivity contribution in [2.75, 3.05) is 0 Å². The first-order chi connectivity index (χ1) is 7.92. The molecule has 1 fully saturated rings. The molecule has 0 saturated heterocycles. The first-order valence-electron chi connectivity index (χ1n) is 6.45. The number of hydrogen-bond donors (Lipinski definition) is 1. The highest BCUT2D eigenvalue weighted by Crippen LogP contribution is 2.56. The predicted molar refractivity (Wildman–Crippen MR) is 68.6 cm³/mol. The smallest absolute Gasteiger partial charge is 0.145 e. The summed E-state index contributed by atoms with van der Waals surface area (Å²) in [6.07, 6.45) is 7.45. The van der Waals surface area contributed by atoms with Crippen LogP contribution in [0.25, 0.3) is 0 Å². The molecule has 2 rings (SSSR count). The largest absolute Gasteiger partial charge is 0.385 e. The minimum Gasteiger partial charge on any atom is -0.385 e. The number of hydrogen-bond acceptors (Lipinski definition) is 2. The average Bonchev–Trinajstić information content (AvgIpc) is 2.46. The second kappa shape index (κ2) is 4.09. The van der Waals surface area contributed by atoms with E-state index in [1.54, 1.807) is 0 Å². The highest BCUT2D eigenvalue weighted by Gasteiger charge is 2.53. The van der Waals surface area contributed by atoms with Gasteiger partial charge in [0.05, 0.1) is 5.60 Å². The Hall–Kier alpha value is -0.890. The first kappa shape index (κ1) is 12.6. The van der Waals surface area contributed by atoms with E-state index in [4.69, 9.17) is 0 Å². The van der Waals surface area contributed by atoms with Gasteiger partial charge in [0.2, 0.25) is 0 Å². The maximum absolute atomic E-state index is 10.9. The van der Waals surface area contributed by atoms with Gasteiger partial charge in [-0.2, -0.15) is 0 Å². The molecule has 94 valence electrons. The Morgan fingerprint density at radius 3 is 2.88 bits per heavy atom. The first-order valence-corrected chi connectivity index (χ1v) is 6.45. The molecule has 0 aromatic carbocycles. The molecule has 0 aromatic heterocycles. The summed E-state index contributed by atoms with van der Waals surface area (Å²) in [6, 6.07) is 0. The number of carbonyl (C=O) groups is 1. The number of rotatable bonds is 2. The van der Waals surface area contributed by atoms with Crippen molar-refractivity contribution in [2.24, 2.45) is 11.3 Å². The Bertz CT molecular complexity index is 382. The van der Waals surface area contributed by atoms with Crippen LogP contribution in [0.15, 0.2) is 23.8 Å². The molecule has 0 radical (unpaired) electrons. The van der Waals surface area contributed by atoms with Crippen LogP contribution in [0.3, 0.4) is 0 Å². The van der Waals surface area contributed by atoms with E-state index < -0.39 is 5.60 Å². The summed E-state index contributed by atoms with van der Waals surface area (Å²) in [5.74, 6) is 0.237. The number of carbonyl (C=O) groups excluding carboxylic acids is 1. The molecule has 2 heteroatoms. The van der Waals surface area contributed by atoms with Crippen molar-refractivity contribution in [2.45, 2.75) is 51.6 Å². The Morgan fingerprint density at radius 1 is 1.59 bits per heavy atom. The monoisotopic (exact) mass is 234 g/mol. The van der Waals surface area contributed by atoms with Crippen molar-refractivity contribution >= 4 is 6.29 Å². The number of aldehydes is 1. The van der Waals surface area contributed by atoms with E-state index in [9.17, 15) is 9.90 Å². The molecule has 0 unspecified atom stereocenters. The number of allylic oxidation sites excluding steroid dienone is 2. The van der Waals surface area contributed by atoms with Crippen LogP contribution in [-0.2, 0) is 4.79 Å². The van der Waals surface area contributed by atoms with Gasteiger partial charge in [0.15, 0.2) is 0 Å². The third-order valence-corrected chi connectivity index (χ3v) is 4.94. The van der Waals surface area contributed by atoms with Crippen LogP contribution >= 0.6 is 0 Å². The second-order valence-corrected chi connectivity index (χ2v) is 6.05. The molecule has 1 saturated carbocycles. The highest BCUT2D eigenvalue weighted by molar-refractivity contribution is 5.73. The highest BCUT2D eigenvalue weighted by atomic mass is 16.3. The molecule has 0 amide bonds. The Kier molecular flexibility index (Phi) is 3.03. The van der Waals surface area contributed by atoms with Crippen LogP contribution in [0, 0.1) is 11.3 Å². The van der Waals surface area contributed by atoms with Crippen molar-refractivity contribution in [3.05, 3.63) is 23.8 Å². The fraction of sp³-hybridized carbons (Fsp3) is 0.667. The van der Waals surface area contributed by atoms with Gasteiger partial charge in [-0.1, -0.05) is 19.6 Å². The third-order valence-electron chi connectivity index (χ3n) is 4.94. The standard InChI is InChI=1S/C15H22O2/c1-11(2)15(17)9-8-14(3)7-6-12(10-16)4-5-13(14)15/h6,10,13,17H,1,4-5,7-9H2,2-3H3/t13-,14+,15+/m1/s1. The second-order valence-electron chi connectivity index (χ2n) is 6.05. The zero-order valence-corrected chi connectivity index (χ0v) is 10.8. The van der Waals surface area contributed by atoms with Crippen molar-refractivity contribution in [3.8, 4) is 0 Å². The quantitative estimate of drug-likeness (QED) is 0.589. The van der Waals surface area contributed by atoms with Crippen molar-refractivity contribution in [3.63, 3.8) is 0 Å². The third kappa shape index (κ3) is 1.89. The maximum Gasteiger partial charge on any atom is 0.145 e. The van der Waals surface area contributed by atoms with Gasteiger partial charge in [-0.3, -0.25) is 4.79 Å². The lowest BCUT2D eigenvalue weighted by Crippen LogP contribution is -2.39. The van der Waals surface area contributed by atoms with E-state index in [-0.39, 0.29) is 11.3 Å². The van der Waals surface area contributed by atoms with Crippen molar-refractivity contribution < 1.29 is 9.90 Å². The van der Waals surface area contributed by atoms with Gasteiger partial charge in [-0.15, -0.1) is 0 Å². The van der Waals surface area contributed by atoms with Gasteiger partial charge in [0.25, 0.3) is 0 Å². The molecule has 0 spiro atoms. The molecule has 2 aliphatic rings. The van der Waals surface area contributed by atoms with Gasteiger partial charge >= 0.3 is 0 Å². The fourth-order valence-corrected chi connectivity index (χ4v) is 3.63. The molecular weight excluding hydrogens is 212 g/mol. The van der Waals surface area contributed by atoms with Gasteiger partial charge in [0.1, 0.15) is 6.29 Å². The maximum atomic E-state index is 10.9. The summed E-state index contributed by atoms with van der Waals surface area (Å²) in [6.45, 7) is 8.12. The summed E-state index contributed by atoms with van der Waals surface area (Å²) in [4.78, 5) is 10.9. The zero-order chi connectivity index (χ0) is 12.7. The van der Waals surface area contributed by atoms with Gasteiger partial charge in [-0.05, 0) is 61.5 Å². The summed E-state index contributed by atoms with van der Waals surface area (Å²) in [7, 11) is 0. The van der Waals surface area contributed by atoms with Crippen LogP contribution in [0.4, 0.5) is 0 Å². The van der Waals surface area contributed by atoms with Crippen LogP contribution in [-0.4, -0.2) is 17.0 Å². The SMILES string of the molecule is C=C(C)[C@@]1(O)CC[C@]2(C)CC=C(C=O)CC[C@H]21. The molecule has 17 heavy (non-hydrogen) atoms. The van der Waals surface area contributed by atoms with E-state index in [2.05, 4.69) is 19.6 Å². The Balaban J connectivity index is 2.31. The molecular formula is C15H22O2. The van der Waals surface area contributed by atoms with Crippen LogP contribution < -0.4 is 0 Å². The molecule has 0 aromatic rings. The molecule has 2 aliphatic carbocycles. The lowest BCUT2D eigenvalue weighted by molar-refractivity contribution is -0.105. The normalized spacial score (nSPS) is 41.4. The topological polar surface area (TPSA) is 37.3 Å². The van der Waals surface area contributed by atoms with Crippen LogP contribution in [0.1, 0.15) is 46.0 Å². The Labute approximate surface area is 103 Å². The molecule has 3 atom stereocenters. The summed E-state index contributed by atoms with van der Waals surface area (Å²) in [5.41, 5.74) is 1.17. The van der Waals surface area contributed by atoms with E-state index in [0.717, 1.165) is 49.5 Å². The zero-order valence-electron chi connectivity index (χ0n) is 10.8. The Morgan fingerprint density at radius 2 is 2.29 bits per heavy atom. The minimum atomic E-state index is -0.721. The lowest BCUT2D eigenvalue weighted by Gasteiger charge is -2.38. The van der Waals surface area contributed by atoms with E-state index in [0.29, 0.717) is 0 Å². The molecule has 0 bridgehead atoms. The lowest BCUT2D eigenvalue weighted by atomic mass is 9.70. The van der Waals surface area contributed by atoms with Crippen molar-refractivity contribution in [1.29, 1.82) is 0 Å². The van der Waals surface area contributed by atoms with Crippen LogP contribution in [0.5, 0.6) is 0 Å². The molecule has 0 aliphatic heterocycles. The van der Waals surface area contributed by atoms with Gasteiger partial charge in [0, 0.05) is 0 Å². The van der Waals surface area contributed by atoms with E-state index in [1.807, 2.05) is 6.92 Å². The van der Waals surface area contributed by atoms with Gasteiger partial charge in [-0.25, -0.2) is 0 Å². The average molecular weight is 234 g/mol. The molecule has 0 heterocycles. The fourth-order valence-electron chi connectivity index (χ4n) is 3.63. The van der Waals surface area contributed by atoms with Gasteiger partial charge < -0.3 is 5.11 Å². The van der Waals surface area contributed by atoms with E-state index >= 15 is 0 Å². The predicted octanol–water partition coefficient (Wildman–Crippen LogP) is 3.02. The van der Waals surface area contributed by atoms with Crippen LogP contribution in [0.2, 0.25) is 0 Å².